The van der Waals surface area contributed by atoms with E-state index in [1.165, 1.54) is 0 Å². The van der Waals surface area contributed by atoms with E-state index < -0.39 is 0 Å². The maximum atomic E-state index is 11.5. The van der Waals surface area contributed by atoms with Crippen molar-refractivity contribution in [3.63, 3.8) is 0 Å². The minimum Gasteiger partial charge on any atom is -0.381 e. The second kappa shape index (κ2) is 6.21. The first-order valence-electron chi connectivity index (χ1n) is 6.07. The van der Waals surface area contributed by atoms with Crippen LogP contribution < -0.4 is 10.6 Å². The topological polar surface area (TPSA) is 50.4 Å². The van der Waals surface area contributed by atoms with Gasteiger partial charge in [0.25, 0.3) is 0 Å². The lowest BCUT2D eigenvalue weighted by Crippen LogP contribution is -2.44. The third-order valence-corrected chi connectivity index (χ3v) is 2.62. The number of nitrogens with one attached hydrogen (secondary N) is 2. The van der Waals surface area contributed by atoms with Crippen LogP contribution in [0.2, 0.25) is 0 Å². The van der Waals surface area contributed by atoms with E-state index in [9.17, 15) is 4.79 Å². The lowest BCUT2D eigenvalue weighted by molar-refractivity contribution is -0.120. The molecule has 4 nitrogen and oxygen atoms in total. The van der Waals surface area contributed by atoms with Gasteiger partial charge in [-0.15, -0.1) is 0 Å². The van der Waals surface area contributed by atoms with Gasteiger partial charge in [0.2, 0.25) is 5.91 Å². The molecule has 1 heterocycles. The SMILES string of the molecule is CC(C)(C)NCC(=O)NCC1CCCOC1. The molecule has 0 saturated carbocycles. The van der Waals surface area contributed by atoms with E-state index in [2.05, 4.69) is 31.4 Å². The summed E-state index contributed by atoms with van der Waals surface area (Å²) in [5, 5.41) is 6.11. The summed E-state index contributed by atoms with van der Waals surface area (Å²) in [7, 11) is 0. The monoisotopic (exact) mass is 228 g/mol. The summed E-state index contributed by atoms with van der Waals surface area (Å²) < 4.78 is 5.36. The normalized spacial score (nSPS) is 21.8. The van der Waals surface area contributed by atoms with Crippen molar-refractivity contribution in [2.75, 3.05) is 26.3 Å². The van der Waals surface area contributed by atoms with Gasteiger partial charge in [-0.3, -0.25) is 4.79 Å². The minimum atomic E-state index is -0.00864. The van der Waals surface area contributed by atoms with E-state index in [1.54, 1.807) is 0 Å². The Kier molecular flexibility index (Phi) is 5.22. The molecule has 16 heavy (non-hydrogen) atoms. The van der Waals surface area contributed by atoms with Crippen LogP contribution in [0.1, 0.15) is 33.6 Å². The van der Waals surface area contributed by atoms with Gasteiger partial charge >= 0.3 is 0 Å². The third kappa shape index (κ3) is 6.08. The Morgan fingerprint density at radius 3 is 2.75 bits per heavy atom. The van der Waals surface area contributed by atoms with Crippen molar-refractivity contribution in [1.29, 1.82) is 0 Å². The molecule has 0 aromatic rings. The zero-order valence-electron chi connectivity index (χ0n) is 10.6. The highest BCUT2D eigenvalue weighted by Gasteiger charge is 2.15. The van der Waals surface area contributed by atoms with Gasteiger partial charge in [-0.05, 0) is 39.5 Å². The molecule has 1 aliphatic heterocycles. The largest absolute Gasteiger partial charge is 0.381 e. The van der Waals surface area contributed by atoms with Gasteiger partial charge < -0.3 is 15.4 Å². The number of carbonyl (C=O) groups is 1. The van der Waals surface area contributed by atoms with Crippen LogP contribution in [0.3, 0.4) is 0 Å². The number of rotatable bonds is 4. The van der Waals surface area contributed by atoms with Crippen LogP contribution in [0.5, 0.6) is 0 Å². The lowest BCUT2D eigenvalue weighted by atomic mass is 10.0. The summed E-state index contributed by atoms with van der Waals surface area (Å²) in [6.45, 7) is 8.94. The predicted molar refractivity (Wildman–Crippen MR) is 64.3 cm³/mol. The standard InChI is InChI=1S/C12H24N2O2/c1-12(2,3)14-8-11(15)13-7-10-5-4-6-16-9-10/h10,14H,4-9H2,1-3H3,(H,13,15). The van der Waals surface area contributed by atoms with Crippen LogP contribution in [0.15, 0.2) is 0 Å². The van der Waals surface area contributed by atoms with Crippen LogP contribution in [-0.4, -0.2) is 37.7 Å². The van der Waals surface area contributed by atoms with E-state index in [4.69, 9.17) is 4.74 Å². The number of carbonyl (C=O) groups excluding carboxylic acids is 1. The fourth-order valence-electron chi connectivity index (χ4n) is 1.63. The minimum absolute atomic E-state index is 0.00864. The Morgan fingerprint density at radius 1 is 1.44 bits per heavy atom. The Morgan fingerprint density at radius 2 is 2.19 bits per heavy atom. The first-order chi connectivity index (χ1) is 7.47. The van der Waals surface area contributed by atoms with Crippen molar-refractivity contribution in [2.45, 2.75) is 39.2 Å². The molecule has 0 bridgehead atoms. The molecule has 1 atom stereocenters. The molecule has 1 aliphatic rings. The van der Waals surface area contributed by atoms with E-state index in [-0.39, 0.29) is 11.4 Å². The van der Waals surface area contributed by atoms with E-state index in [0.717, 1.165) is 32.6 Å². The molecule has 0 spiro atoms. The summed E-state index contributed by atoms with van der Waals surface area (Å²) in [4.78, 5) is 11.5. The zero-order valence-corrected chi connectivity index (χ0v) is 10.6. The average Bonchev–Trinajstić information content (AvgIpc) is 2.24. The Hall–Kier alpha value is -0.610. The van der Waals surface area contributed by atoms with Gasteiger partial charge in [0.1, 0.15) is 0 Å². The van der Waals surface area contributed by atoms with Gasteiger partial charge in [0.15, 0.2) is 0 Å². The second-order valence-corrected chi connectivity index (χ2v) is 5.49. The fraction of sp³-hybridized carbons (Fsp3) is 0.917. The molecule has 0 aromatic carbocycles. The first kappa shape index (κ1) is 13.5. The van der Waals surface area contributed by atoms with Gasteiger partial charge in [0.05, 0.1) is 13.2 Å². The quantitative estimate of drug-likeness (QED) is 0.752. The molecule has 1 rings (SSSR count). The summed E-state index contributed by atoms with van der Waals surface area (Å²) in [6, 6.07) is 0. The van der Waals surface area contributed by atoms with Crippen molar-refractivity contribution < 1.29 is 9.53 Å². The Bertz CT molecular complexity index is 218. The van der Waals surface area contributed by atoms with Gasteiger partial charge in [-0.1, -0.05) is 0 Å². The van der Waals surface area contributed by atoms with Gasteiger partial charge in [-0.25, -0.2) is 0 Å². The highest BCUT2D eigenvalue weighted by molar-refractivity contribution is 5.78. The number of hydrogen-bond donors (Lipinski definition) is 2. The van der Waals surface area contributed by atoms with Gasteiger partial charge in [0, 0.05) is 18.7 Å². The molecule has 1 fully saturated rings. The molecule has 2 N–H and O–H groups in total. The van der Waals surface area contributed by atoms with Crippen molar-refractivity contribution in [2.24, 2.45) is 5.92 Å². The highest BCUT2D eigenvalue weighted by atomic mass is 16.5. The van der Waals surface area contributed by atoms with E-state index in [0.29, 0.717) is 12.5 Å². The molecule has 4 heteroatoms. The van der Waals surface area contributed by atoms with E-state index >= 15 is 0 Å². The molecule has 1 amide bonds. The summed E-state index contributed by atoms with van der Waals surface area (Å²) >= 11 is 0. The van der Waals surface area contributed by atoms with Gasteiger partial charge in [-0.2, -0.15) is 0 Å². The average molecular weight is 228 g/mol. The van der Waals surface area contributed by atoms with Crippen LogP contribution in [0.25, 0.3) is 0 Å². The molecular weight excluding hydrogens is 204 g/mol. The predicted octanol–water partition coefficient (Wildman–Crippen LogP) is 0.917. The smallest absolute Gasteiger partial charge is 0.233 e. The van der Waals surface area contributed by atoms with Crippen LogP contribution in [-0.2, 0) is 9.53 Å². The molecule has 1 unspecified atom stereocenters. The van der Waals surface area contributed by atoms with Crippen molar-refractivity contribution in [1.82, 2.24) is 10.6 Å². The number of hydrogen-bond acceptors (Lipinski definition) is 3. The maximum Gasteiger partial charge on any atom is 0.233 e. The molecule has 0 aromatic heterocycles. The zero-order chi connectivity index (χ0) is 12.0. The van der Waals surface area contributed by atoms with Crippen LogP contribution in [0.4, 0.5) is 0 Å². The highest BCUT2D eigenvalue weighted by Crippen LogP contribution is 2.11. The molecule has 1 saturated heterocycles. The molecule has 0 aliphatic carbocycles. The first-order valence-corrected chi connectivity index (χ1v) is 6.07. The Labute approximate surface area is 98.1 Å². The van der Waals surface area contributed by atoms with E-state index in [1.807, 2.05) is 0 Å². The van der Waals surface area contributed by atoms with Crippen molar-refractivity contribution in [3.05, 3.63) is 0 Å². The van der Waals surface area contributed by atoms with Crippen molar-refractivity contribution in [3.8, 4) is 0 Å². The summed E-state index contributed by atoms with van der Waals surface area (Å²) in [6.07, 6.45) is 2.27. The maximum absolute atomic E-state index is 11.5. The lowest BCUT2D eigenvalue weighted by Gasteiger charge is -2.23. The van der Waals surface area contributed by atoms with Crippen LogP contribution >= 0.6 is 0 Å². The molecule has 0 radical (unpaired) electrons. The number of amides is 1. The third-order valence-electron chi connectivity index (χ3n) is 2.62. The fourth-order valence-corrected chi connectivity index (χ4v) is 1.63. The summed E-state index contributed by atoms with van der Waals surface area (Å²) in [5.74, 6) is 0.563. The van der Waals surface area contributed by atoms with Crippen LogP contribution in [0, 0.1) is 5.92 Å². The summed E-state index contributed by atoms with van der Waals surface area (Å²) in [5.41, 5.74) is -0.00864. The number of ether oxygens (including phenoxy) is 1. The molecular formula is C12H24N2O2. The molecule has 94 valence electrons. The van der Waals surface area contributed by atoms with Crippen molar-refractivity contribution >= 4 is 5.91 Å². The Balaban J connectivity index is 2.09. The second-order valence-electron chi connectivity index (χ2n) is 5.49.